The van der Waals surface area contributed by atoms with Gasteiger partial charge in [-0.1, -0.05) is 164 Å². The average Bonchev–Trinajstić information content (AvgIpc) is 3.15. The largest absolute Gasteiger partial charge is 0.308 e. The van der Waals surface area contributed by atoms with E-state index in [0.717, 1.165) is 11.4 Å². The van der Waals surface area contributed by atoms with Gasteiger partial charge < -0.3 is 4.90 Å². The highest BCUT2D eigenvalue weighted by Crippen LogP contribution is 2.50. The Morgan fingerprint density at radius 1 is 0.298 bits per heavy atom. The summed E-state index contributed by atoms with van der Waals surface area (Å²) in [6, 6.07) is 68.4. The summed E-state index contributed by atoms with van der Waals surface area (Å²) < 4.78 is 0. The second-order valence-electron chi connectivity index (χ2n) is 12.1. The number of anilines is 3. The number of rotatable bonds is 5. The minimum atomic E-state index is 1.14. The molecule has 0 spiro atoms. The van der Waals surface area contributed by atoms with Crippen LogP contribution in [0.25, 0.3) is 65.3 Å². The molecule has 47 heavy (non-hydrogen) atoms. The van der Waals surface area contributed by atoms with Gasteiger partial charge in [-0.3, -0.25) is 0 Å². The van der Waals surface area contributed by atoms with Crippen LogP contribution in [0.5, 0.6) is 0 Å². The lowest BCUT2D eigenvalue weighted by Gasteiger charge is -2.32. The first-order valence-corrected chi connectivity index (χ1v) is 16.2. The average molecular weight is 598 g/mol. The molecular weight excluding hydrogens is 567 g/mol. The fourth-order valence-corrected chi connectivity index (χ4v) is 7.23. The minimum Gasteiger partial charge on any atom is -0.308 e. The summed E-state index contributed by atoms with van der Waals surface area (Å²) in [7, 11) is 0. The first-order valence-electron chi connectivity index (χ1n) is 16.2. The Kier molecular flexibility index (Phi) is 6.54. The van der Waals surface area contributed by atoms with Crippen molar-refractivity contribution in [3.8, 4) is 22.3 Å². The van der Waals surface area contributed by atoms with Gasteiger partial charge in [0.05, 0.1) is 17.1 Å². The fourth-order valence-electron chi connectivity index (χ4n) is 7.23. The van der Waals surface area contributed by atoms with Gasteiger partial charge in [-0.2, -0.15) is 0 Å². The van der Waals surface area contributed by atoms with Crippen LogP contribution in [0.15, 0.2) is 188 Å². The molecule has 1 heteroatoms. The topological polar surface area (TPSA) is 3.24 Å². The van der Waals surface area contributed by atoms with Gasteiger partial charge in [0.25, 0.3) is 0 Å². The molecule has 0 unspecified atom stereocenters. The lowest BCUT2D eigenvalue weighted by Crippen LogP contribution is -2.14. The van der Waals surface area contributed by atoms with Crippen LogP contribution in [0.4, 0.5) is 17.1 Å². The standard InChI is InChI=1S/C46H31N/c1-2-15-33(16-3-1)39-21-12-13-25-43(39)47(46-41-23-10-7-19-36(41)31-37-20-8-11-24-42(37)46)44-29-28-34-17-6-9-22-40(34)45(44)38-27-26-32-14-4-5-18-35(32)30-38/h1-31H. The van der Waals surface area contributed by atoms with Crippen LogP contribution >= 0.6 is 0 Å². The minimum absolute atomic E-state index is 1.14. The van der Waals surface area contributed by atoms with Crippen LogP contribution in [0, 0.1) is 0 Å². The van der Waals surface area contributed by atoms with E-state index < -0.39 is 0 Å². The van der Waals surface area contributed by atoms with Crippen LogP contribution < -0.4 is 4.90 Å². The number of fused-ring (bicyclic) bond motifs is 4. The molecule has 0 fully saturated rings. The smallest absolute Gasteiger partial charge is 0.0618 e. The number of benzene rings is 9. The van der Waals surface area contributed by atoms with E-state index in [9.17, 15) is 0 Å². The van der Waals surface area contributed by atoms with Crippen molar-refractivity contribution in [1.82, 2.24) is 0 Å². The zero-order valence-electron chi connectivity index (χ0n) is 25.8. The molecule has 0 amide bonds. The molecule has 9 aromatic carbocycles. The first-order chi connectivity index (χ1) is 23.3. The van der Waals surface area contributed by atoms with Crippen LogP contribution in [-0.4, -0.2) is 0 Å². The van der Waals surface area contributed by atoms with Crippen molar-refractivity contribution in [2.24, 2.45) is 0 Å². The number of para-hydroxylation sites is 1. The molecule has 0 aliphatic heterocycles. The summed E-state index contributed by atoms with van der Waals surface area (Å²) >= 11 is 0. The Labute approximate surface area is 274 Å². The van der Waals surface area contributed by atoms with Crippen LogP contribution in [0.2, 0.25) is 0 Å². The van der Waals surface area contributed by atoms with Gasteiger partial charge >= 0.3 is 0 Å². The van der Waals surface area contributed by atoms with Gasteiger partial charge in [0.1, 0.15) is 0 Å². The second-order valence-corrected chi connectivity index (χ2v) is 12.1. The van der Waals surface area contributed by atoms with Crippen molar-refractivity contribution in [2.45, 2.75) is 0 Å². The van der Waals surface area contributed by atoms with Gasteiger partial charge in [0.2, 0.25) is 0 Å². The Morgan fingerprint density at radius 3 is 1.60 bits per heavy atom. The Hall–Kier alpha value is -6.18. The molecule has 0 aliphatic carbocycles. The normalized spacial score (nSPS) is 11.4. The molecule has 0 aromatic heterocycles. The first kappa shape index (κ1) is 27.2. The van der Waals surface area contributed by atoms with Crippen molar-refractivity contribution in [3.63, 3.8) is 0 Å². The van der Waals surface area contributed by atoms with E-state index >= 15 is 0 Å². The molecule has 0 N–H and O–H groups in total. The van der Waals surface area contributed by atoms with Gasteiger partial charge in [-0.25, -0.2) is 0 Å². The molecule has 0 aliphatic rings. The van der Waals surface area contributed by atoms with E-state index in [-0.39, 0.29) is 0 Å². The molecular formula is C46H31N. The quantitative estimate of drug-likeness (QED) is 0.178. The highest BCUT2D eigenvalue weighted by molar-refractivity contribution is 6.17. The Balaban J connectivity index is 1.46. The summed E-state index contributed by atoms with van der Waals surface area (Å²) in [6.07, 6.45) is 0. The lowest BCUT2D eigenvalue weighted by molar-refractivity contribution is 1.31. The molecule has 1 nitrogen and oxygen atoms in total. The molecule has 0 heterocycles. The maximum atomic E-state index is 2.53. The van der Waals surface area contributed by atoms with E-state index in [2.05, 4.69) is 193 Å². The summed E-state index contributed by atoms with van der Waals surface area (Å²) in [5, 5.41) is 9.79. The second kappa shape index (κ2) is 11.3. The maximum Gasteiger partial charge on any atom is 0.0618 e. The van der Waals surface area contributed by atoms with E-state index in [0.29, 0.717) is 0 Å². The highest BCUT2D eigenvalue weighted by atomic mass is 15.2. The van der Waals surface area contributed by atoms with Crippen molar-refractivity contribution in [3.05, 3.63) is 188 Å². The van der Waals surface area contributed by atoms with Gasteiger partial charge in [-0.15, -0.1) is 0 Å². The number of hydrogen-bond acceptors (Lipinski definition) is 1. The van der Waals surface area contributed by atoms with Crippen LogP contribution in [0.3, 0.4) is 0 Å². The number of hydrogen-bond donors (Lipinski definition) is 0. The van der Waals surface area contributed by atoms with E-state index in [1.807, 2.05) is 0 Å². The Morgan fingerprint density at radius 2 is 0.851 bits per heavy atom. The molecule has 9 rings (SSSR count). The van der Waals surface area contributed by atoms with Crippen molar-refractivity contribution >= 4 is 60.2 Å². The molecule has 9 aromatic rings. The predicted molar refractivity (Wildman–Crippen MR) is 202 cm³/mol. The third-order valence-electron chi connectivity index (χ3n) is 9.38. The van der Waals surface area contributed by atoms with Crippen molar-refractivity contribution in [2.75, 3.05) is 4.90 Å². The zero-order valence-corrected chi connectivity index (χ0v) is 25.8. The highest BCUT2D eigenvalue weighted by Gasteiger charge is 2.25. The Bertz CT molecular complexity index is 2530. The summed E-state index contributed by atoms with van der Waals surface area (Å²) in [5.41, 5.74) is 8.24. The fraction of sp³-hybridized carbons (Fsp3) is 0. The number of nitrogens with zero attached hydrogens (tertiary/aromatic N) is 1. The molecule has 0 radical (unpaired) electrons. The molecule has 220 valence electrons. The lowest BCUT2D eigenvalue weighted by atomic mass is 9.92. The summed E-state index contributed by atoms with van der Waals surface area (Å²) in [4.78, 5) is 2.53. The van der Waals surface area contributed by atoms with Gasteiger partial charge in [0, 0.05) is 21.9 Å². The van der Waals surface area contributed by atoms with E-state index in [1.165, 1.54) is 71.0 Å². The summed E-state index contributed by atoms with van der Waals surface area (Å²) in [5.74, 6) is 0. The van der Waals surface area contributed by atoms with E-state index in [1.54, 1.807) is 0 Å². The molecule has 0 bridgehead atoms. The molecule has 0 saturated carbocycles. The van der Waals surface area contributed by atoms with Crippen molar-refractivity contribution in [1.29, 1.82) is 0 Å². The van der Waals surface area contributed by atoms with Crippen molar-refractivity contribution < 1.29 is 0 Å². The third-order valence-corrected chi connectivity index (χ3v) is 9.38. The monoisotopic (exact) mass is 597 g/mol. The maximum absolute atomic E-state index is 2.53. The SMILES string of the molecule is c1ccc(-c2ccccc2N(c2ccc3ccccc3c2-c2ccc3ccccc3c2)c2c3ccccc3cc3ccccc23)cc1. The van der Waals surface area contributed by atoms with Crippen LogP contribution in [0.1, 0.15) is 0 Å². The third kappa shape index (κ3) is 4.64. The zero-order chi connectivity index (χ0) is 31.2. The molecule has 0 atom stereocenters. The van der Waals surface area contributed by atoms with Gasteiger partial charge in [-0.05, 0) is 67.7 Å². The van der Waals surface area contributed by atoms with E-state index in [4.69, 9.17) is 0 Å². The van der Waals surface area contributed by atoms with Gasteiger partial charge in [0.15, 0.2) is 0 Å². The van der Waals surface area contributed by atoms with Crippen LogP contribution in [-0.2, 0) is 0 Å². The predicted octanol–water partition coefficient (Wildman–Crippen LogP) is 13.1. The molecule has 0 saturated heterocycles. The summed E-state index contributed by atoms with van der Waals surface area (Å²) in [6.45, 7) is 0.